The molecule has 14 heavy (non-hydrogen) atoms. The molecule has 1 aromatic heterocycles. The average Bonchev–Trinajstić information content (AvgIpc) is 2.29. The Morgan fingerprint density at radius 2 is 2.57 bits per heavy atom. The van der Waals surface area contributed by atoms with Crippen molar-refractivity contribution >= 4 is 5.82 Å². The van der Waals surface area contributed by atoms with Crippen molar-refractivity contribution in [3.8, 4) is 5.75 Å². The number of nitrogens with one attached hydrogen (secondary N) is 1. The highest BCUT2D eigenvalue weighted by Crippen LogP contribution is 2.31. The Morgan fingerprint density at radius 3 is 3.57 bits per heavy atom. The monoisotopic (exact) mass is 191 g/mol. The van der Waals surface area contributed by atoms with Crippen LogP contribution in [0.5, 0.6) is 5.75 Å². The van der Waals surface area contributed by atoms with Gasteiger partial charge in [0.25, 0.3) is 0 Å². The SMILES string of the molecule is c1cnc2c(c1)OCC1CNCCN21. The zero-order valence-corrected chi connectivity index (χ0v) is 7.94. The number of rotatable bonds is 0. The van der Waals surface area contributed by atoms with Gasteiger partial charge in [0, 0.05) is 25.8 Å². The summed E-state index contributed by atoms with van der Waals surface area (Å²) in [6.45, 7) is 3.83. The van der Waals surface area contributed by atoms with Gasteiger partial charge in [0.1, 0.15) is 6.61 Å². The molecule has 4 nitrogen and oxygen atoms in total. The zero-order valence-electron chi connectivity index (χ0n) is 7.94. The van der Waals surface area contributed by atoms with E-state index in [0.29, 0.717) is 6.04 Å². The number of aromatic nitrogens is 1. The summed E-state index contributed by atoms with van der Waals surface area (Å²) in [7, 11) is 0. The number of nitrogens with zero attached hydrogens (tertiary/aromatic N) is 2. The van der Waals surface area contributed by atoms with Gasteiger partial charge in [0.05, 0.1) is 6.04 Å². The Kier molecular flexibility index (Phi) is 1.80. The van der Waals surface area contributed by atoms with Crippen LogP contribution < -0.4 is 15.0 Å². The molecule has 0 spiro atoms. The summed E-state index contributed by atoms with van der Waals surface area (Å²) >= 11 is 0. The fraction of sp³-hybridized carbons (Fsp3) is 0.500. The van der Waals surface area contributed by atoms with Crippen LogP contribution in [0, 0.1) is 0 Å². The van der Waals surface area contributed by atoms with Gasteiger partial charge in [0.2, 0.25) is 0 Å². The van der Waals surface area contributed by atoms with Crippen LogP contribution in [0.4, 0.5) is 5.82 Å². The van der Waals surface area contributed by atoms with E-state index in [1.165, 1.54) is 0 Å². The first-order chi connectivity index (χ1) is 6.95. The van der Waals surface area contributed by atoms with E-state index < -0.39 is 0 Å². The Bertz CT molecular complexity index is 342. The minimum Gasteiger partial charge on any atom is -0.488 e. The standard InChI is InChI=1S/C10H13N3O/c1-2-9-10(12-3-1)13-5-4-11-6-8(13)7-14-9/h1-3,8,11H,4-7H2. The number of anilines is 1. The number of fused-ring (bicyclic) bond motifs is 3. The van der Waals surface area contributed by atoms with Crippen molar-refractivity contribution in [3.63, 3.8) is 0 Å². The Morgan fingerprint density at radius 1 is 1.57 bits per heavy atom. The Hall–Kier alpha value is -1.29. The highest BCUT2D eigenvalue weighted by molar-refractivity contribution is 5.55. The molecule has 1 unspecified atom stereocenters. The molecule has 1 N–H and O–H groups in total. The van der Waals surface area contributed by atoms with Crippen molar-refractivity contribution in [3.05, 3.63) is 18.3 Å². The van der Waals surface area contributed by atoms with E-state index >= 15 is 0 Å². The molecule has 2 aliphatic rings. The van der Waals surface area contributed by atoms with Gasteiger partial charge in [-0.1, -0.05) is 0 Å². The number of hydrogen-bond acceptors (Lipinski definition) is 4. The van der Waals surface area contributed by atoms with Crippen LogP contribution in [0.2, 0.25) is 0 Å². The normalized spacial score (nSPS) is 24.9. The molecule has 1 fully saturated rings. The quantitative estimate of drug-likeness (QED) is 0.638. The largest absolute Gasteiger partial charge is 0.488 e. The molecule has 0 bridgehead atoms. The summed E-state index contributed by atoms with van der Waals surface area (Å²) in [5.74, 6) is 1.93. The molecule has 2 aliphatic heterocycles. The van der Waals surface area contributed by atoms with Crippen LogP contribution >= 0.6 is 0 Å². The third-order valence-electron chi connectivity index (χ3n) is 2.80. The molecule has 0 aliphatic carbocycles. The molecule has 74 valence electrons. The lowest BCUT2D eigenvalue weighted by Gasteiger charge is -2.40. The first kappa shape index (κ1) is 8.05. The molecule has 4 heteroatoms. The van der Waals surface area contributed by atoms with Crippen LogP contribution in [0.15, 0.2) is 18.3 Å². The average molecular weight is 191 g/mol. The van der Waals surface area contributed by atoms with Crippen molar-refractivity contribution in [2.24, 2.45) is 0 Å². The van der Waals surface area contributed by atoms with Gasteiger partial charge < -0.3 is 15.0 Å². The van der Waals surface area contributed by atoms with Crippen LogP contribution in [-0.2, 0) is 0 Å². The summed E-state index contributed by atoms with van der Waals surface area (Å²) in [4.78, 5) is 6.72. The highest BCUT2D eigenvalue weighted by Gasteiger charge is 2.30. The van der Waals surface area contributed by atoms with E-state index in [4.69, 9.17) is 4.74 Å². The first-order valence-corrected chi connectivity index (χ1v) is 5.00. The van der Waals surface area contributed by atoms with E-state index in [1.54, 1.807) is 0 Å². The maximum atomic E-state index is 5.65. The fourth-order valence-electron chi connectivity index (χ4n) is 2.09. The first-order valence-electron chi connectivity index (χ1n) is 5.00. The molecule has 0 saturated carbocycles. The summed E-state index contributed by atoms with van der Waals surface area (Å²) in [6, 6.07) is 4.35. The molecule has 0 amide bonds. The van der Waals surface area contributed by atoms with Gasteiger partial charge in [-0.2, -0.15) is 0 Å². The van der Waals surface area contributed by atoms with E-state index in [2.05, 4.69) is 15.2 Å². The van der Waals surface area contributed by atoms with Gasteiger partial charge >= 0.3 is 0 Å². The second kappa shape index (κ2) is 3.13. The minimum atomic E-state index is 0.450. The molecular weight excluding hydrogens is 178 g/mol. The summed E-state index contributed by atoms with van der Waals surface area (Å²) in [5, 5.41) is 3.37. The molecule has 0 radical (unpaired) electrons. The minimum absolute atomic E-state index is 0.450. The van der Waals surface area contributed by atoms with Gasteiger partial charge in [-0.15, -0.1) is 0 Å². The smallest absolute Gasteiger partial charge is 0.171 e. The molecule has 3 heterocycles. The van der Waals surface area contributed by atoms with Crippen LogP contribution in [-0.4, -0.2) is 37.3 Å². The lowest BCUT2D eigenvalue weighted by atomic mass is 10.1. The Balaban J connectivity index is 1.99. The molecule has 1 atom stereocenters. The molecular formula is C10H13N3O. The van der Waals surface area contributed by atoms with Gasteiger partial charge in [-0.25, -0.2) is 4.98 Å². The van der Waals surface area contributed by atoms with Gasteiger partial charge in [0.15, 0.2) is 11.6 Å². The van der Waals surface area contributed by atoms with Crippen molar-refractivity contribution in [1.29, 1.82) is 0 Å². The zero-order chi connectivity index (χ0) is 9.38. The summed E-state index contributed by atoms with van der Waals surface area (Å²) in [5.41, 5.74) is 0. The third kappa shape index (κ3) is 1.14. The second-order valence-electron chi connectivity index (χ2n) is 3.69. The molecule has 3 rings (SSSR count). The number of pyridine rings is 1. The van der Waals surface area contributed by atoms with Crippen molar-refractivity contribution in [2.45, 2.75) is 6.04 Å². The van der Waals surface area contributed by atoms with E-state index in [0.717, 1.165) is 37.8 Å². The van der Waals surface area contributed by atoms with E-state index in [9.17, 15) is 0 Å². The number of ether oxygens (including phenoxy) is 1. The topological polar surface area (TPSA) is 37.4 Å². The van der Waals surface area contributed by atoms with Crippen molar-refractivity contribution < 1.29 is 4.74 Å². The van der Waals surface area contributed by atoms with Gasteiger partial charge in [-0.05, 0) is 12.1 Å². The fourth-order valence-corrected chi connectivity index (χ4v) is 2.09. The maximum Gasteiger partial charge on any atom is 0.171 e. The predicted molar refractivity (Wildman–Crippen MR) is 53.7 cm³/mol. The highest BCUT2D eigenvalue weighted by atomic mass is 16.5. The summed E-state index contributed by atoms with van der Waals surface area (Å²) in [6.07, 6.45) is 1.83. The summed E-state index contributed by atoms with van der Waals surface area (Å²) < 4.78 is 5.65. The lowest BCUT2D eigenvalue weighted by molar-refractivity contribution is 0.244. The van der Waals surface area contributed by atoms with E-state index in [-0.39, 0.29) is 0 Å². The second-order valence-corrected chi connectivity index (χ2v) is 3.69. The molecule has 1 saturated heterocycles. The third-order valence-corrected chi connectivity index (χ3v) is 2.80. The van der Waals surface area contributed by atoms with Crippen molar-refractivity contribution in [1.82, 2.24) is 10.3 Å². The van der Waals surface area contributed by atoms with Crippen LogP contribution in [0.1, 0.15) is 0 Å². The Labute approximate surface area is 82.9 Å². The number of hydrogen-bond donors (Lipinski definition) is 1. The van der Waals surface area contributed by atoms with Crippen LogP contribution in [0.3, 0.4) is 0 Å². The molecule has 1 aromatic rings. The van der Waals surface area contributed by atoms with E-state index in [1.807, 2.05) is 18.3 Å². The van der Waals surface area contributed by atoms with Gasteiger partial charge in [-0.3, -0.25) is 0 Å². The predicted octanol–water partition coefficient (Wildman–Crippen LogP) is 0.252. The maximum absolute atomic E-state index is 5.65. The lowest BCUT2D eigenvalue weighted by Crippen LogP contribution is -2.56. The van der Waals surface area contributed by atoms with Crippen LogP contribution in [0.25, 0.3) is 0 Å². The number of piperazine rings is 1. The molecule has 0 aromatic carbocycles. The van der Waals surface area contributed by atoms with Crippen molar-refractivity contribution in [2.75, 3.05) is 31.1 Å².